The van der Waals surface area contributed by atoms with Crippen LogP contribution in [0.1, 0.15) is 142 Å². The minimum atomic E-state index is 1.10. The highest BCUT2D eigenvalue weighted by Gasteiger charge is 2.03. The minimum absolute atomic E-state index is 1.10. The third-order valence-electron chi connectivity index (χ3n) is 7.99. The Morgan fingerprint density at radius 1 is 0.324 bits per heavy atom. The Morgan fingerprint density at radius 2 is 0.595 bits per heavy atom. The average molecular weight is 525 g/mol. The van der Waals surface area contributed by atoms with Gasteiger partial charge in [0.2, 0.25) is 0 Å². The summed E-state index contributed by atoms with van der Waals surface area (Å²) in [5.41, 5.74) is 0. The molecule has 0 aromatic carbocycles. The molecule has 0 aliphatic carbocycles. The molecule has 224 valence electrons. The fraction of sp³-hybridized carbons (Fsp3) is 1.00. The van der Waals surface area contributed by atoms with E-state index >= 15 is 0 Å². The standard InChI is InChI=1S/C33H72N4/c1-6-8-10-12-14-16-18-20-22-24-28-35(3)30-26-34-27-31-37(5)33-32-36(4)29-25-23-21-19-17-15-13-11-9-7-2/h34H,6-33H2,1-5H3. The van der Waals surface area contributed by atoms with E-state index in [0.29, 0.717) is 0 Å². The molecule has 0 radical (unpaired) electrons. The van der Waals surface area contributed by atoms with Gasteiger partial charge in [-0.15, -0.1) is 0 Å². The van der Waals surface area contributed by atoms with E-state index in [1.165, 1.54) is 161 Å². The zero-order chi connectivity index (χ0) is 27.2. The Hall–Kier alpha value is -0.160. The van der Waals surface area contributed by atoms with E-state index in [4.69, 9.17) is 0 Å². The lowest BCUT2D eigenvalue weighted by atomic mass is 10.1. The van der Waals surface area contributed by atoms with Crippen LogP contribution in [0.4, 0.5) is 0 Å². The fourth-order valence-electron chi connectivity index (χ4n) is 5.08. The smallest absolute Gasteiger partial charge is 0.0107 e. The van der Waals surface area contributed by atoms with E-state index in [1.54, 1.807) is 0 Å². The van der Waals surface area contributed by atoms with Crippen LogP contribution in [-0.2, 0) is 0 Å². The molecule has 0 aliphatic rings. The number of unbranched alkanes of at least 4 members (excludes halogenated alkanes) is 18. The SMILES string of the molecule is CCCCCCCCCCCCN(C)CCNCCN(C)CCN(C)CCCCCCCCCCCC. The number of hydrogen-bond acceptors (Lipinski definition) is 4. The second kappa shape index (κ2) is 30.4. The van der Waals surface area contributed by atoms with Crippen LogP contribution >= 0.6 is 0 Å². The normalized spacial score (nSPS) is 12.0. The van der Waals surface area contributed by atoms with Crippen molar-refractivity contribution in [2.75, 3.05) is 73.5 Å². The number of nitrogens with zero attached hydrogens (tertiary/aromatic N) is 3. The lowest BCUT2D eigenvalue weighted by Gasteiger charge is -2.22. The Bertz CT molecular complexity index is 417. The highest BCUT2D eigenvalue weighted by molar-refractivity contribution is 4.61. The van der Waals surface area contributed by atoms with Gasteiger partial charge in [-0.25, -0.2) is 0 Å². The molecule has 0 saturated heterocycles. The van der Waals surface area contributed by atoms with E-state index < -0.39 is 0 Å². The molecule has 0 aromatic rings. The summed E-state index contributed by atoms with van der Waals surface area (Å²) in [6.45, 7) is 14.0. The Labute approximate surface area is 235 Å². The molecule has 0 unspecified atom stereocenters. The monoisotopic (exact) mass is 525 g/mol. The summed E-state index contributed by atoms with van der Waals surface area (Å²) in [7, 11) is 6.85. The molecule has 37 heavy (non-hydrogen) atoms. The zero-order valence-corrected chi connectivity index (χ0v) is 26.6. The van der Waals surface area contributed by atoms with Crippen LogP contribution in [0.5, 0.6) is 0 Å². The molecule has 0 saturated carbocycles. The molecular formula is C33H72N4. The lowest BCUT2D eigenvalue weighted by molar-refractivity contribution is 0.251. The summed E-state index contributed by atoms with van der Waals surface area (Å²) in [4.78, 5) is 7.51. The van der Waals surface area contributed by atoms with E-state index in [1.807, 2.05) is 0 Å². The van der Waals surface area contributed by atoms with Crippen molar-refractivity contribution in [3.63, 3.8) is 0 Å². The van der Waals surface area contributed by atoms with Gasteiger partial charge in [0.15, 0.2) is 0 Å². The van der Waals surface area contributed by atoms with Crippen molar-refractivity contribution < 1.29 is 0 Å². The van der Waals surface area contributed by atoms with Crippen LogP contribution < -0.4 is 5.32 Å². The molecule has 4 heteroatoms. The minimum Gasteiger partial charge on any atom is -0.314 e. The molecule has 4 nitrogen and oxygen atoms in total. The van der Waals surface area contributed by atoms with E-state index in [-0.39, 0.29) is 0 Å². The first-order valence-corrected chi connectivity index (χ1v) is 16.9. The van der Waals surface area contributed by atoms with Crippen molar-refractivity contribution in [1.29, 1.82) is 0 Å². The molecule has 0 spiro atoms. The van der Waals surface area contributed by atoms with Gasteiger partial charge in [0.05, 0.1) is 0 Å². The number of hydrogen-bond donors (Lipinski definition) is 1. The molecule has 0 fully saturated rings. The van der Waals surface area contributed by atoms with Gasteiger partial charge in [0.1, 0.15) is 0 Å². The van der Waals surface area contributed by atoms with Crippen LogP contribution in [0.3, 0.4) is 0 Å². The van der Waals surface area contributed by atoms with Gasteiger partial charge < -0.3 is 20.0 Å². The number of rotatable bonds is 31. The average Bonchev–Trinajstić information content (AvgIpc) is 2.89. The molecule has 0 aliphatic heterocycles. The first-order valence-electron chi connectivity index (χ1n) is 16.9. The summed E-state index contributed by atoms with van der Waals surface area (Å²) in [6.07, 6.45) is 28.5. The van der Waals surface area contributed by atoms with E-state index in [0.717, 1.165) is 19.6 Å². The van der Waals surface area contributed by atoms with E-state index in [2.05, 4.69) is 55.0 Å². The lowest BCUT2D eigenvalue weighted by Crippen LogP contribution is -2.37. The van der Waals surface area contributed by atoms with Crippen molar-refractivity contribution >= 4 is 0 Å². The first kappa shape index (κ1) is 36.8. The van der Waals surface area contributed by atoms with Crippen molar-refractivity contribution in [3.8, 4) is 0 Å². The van der Waals surface area contributed by atoms with Gasteiger partial charge in [-0.1, -0.05) is 129 Å². The highest BCUT2D eigenvalue weighted by atomic mass is 15.2. The maximum absolute atomic E-state index is 3.65. The first-order chi connectivity index (χ1) is 18.1. The predicted octanol–water partition coefficient (Wildman–Crippen LogP) is 8.21. The number of likely N-dealkylation sites (N-methyl/N-ethyl adjacent to an activating group) is 3. The van der Waals surface area contributed by atoms with Gasteiger partial charge in [-0.2, -0.15) is 0 Å². The summed E-state index contributed by atoms with van der Waals surface area (Å²) < 4.78 is 0. The molecule has 0 bridgehead atoms. The molecule has 1 N–H and O–H groups in total. The quantitative estimate of drug-likeness (QED) is 0.0922. The van der Waals surface area contributed by atoms with Crippen molar-refractivity contribution in [3.05, 3.63) is 0 Å². The van der Waals surface area contributed by atoms with Gasteiger partial charge in [0, 0.05) is 39.3 Å². The molecule has 0 heterocycles. The van der Waals surface area contributed by atoms with Gasteiger partial charge in [0.25, 0.3) is 0 Å². The highest BCUT2D eigenvalue weighted by Crippen LogP contribution is 2.11. The predicted molar refractivity (Wildman–Crippen MR) is 169 cm³/mol. The van der Waals surface area contributed by atoms with Crippen molar-refractivity contribution in [2.24, 2.45) is 0 Å². The third-order valence-corrected chi connectivity index (χ3v) is 7.99. The second-order valence-corrected chi connectivity index (χ2v) is 12.0. The maximum Gasteiger partial charge on any atom is 0.0107 e. The van der Waals surface area contributed by atoms with Crippen LogP contribution in [0.2, 0.25) is 0 Å². The second-order valence-electron chi connectivity index (χ2n) is 12.0. The van der Waals surface area contributed by atoms with Crippen LogP contribution in [0.15, 0.2) is 0 Å². The maximum atomic E-state index is 3.65. The number of nitrogens with one attached hydrogen (secondary N) is 1. The largest absolute Gasteiger partial charge is 0.314 e. The summed E-state index contributed by atoms with van der Waals surface area (Å²) in [6, 6.07) is 0. The summed E-state index contributed by atoms with van der Waals surface area (Å²) in [5.74, 6) is 0. The van der Waals surface area contributed by atoms with Crippen molar-refractivity contribution in [1.82, 2.24) is 20.0 Å². The van der Waals surface area contributed by atoms with E-state index in [9.17, 15) is 0 Å². The van der Waals surface area contributed by atoms with Gasteiger partial charge in [-0.3, -0.25) is 0 Å². The topological polar surface area (TPSA) is 21.8 Å². The van der Waals surface area contributed by atoms with Crippen LogP contribution in [0.25, 0.3) is 0 Å². The molecular weight excluding hydrogens is 452 g/mol. The van der Waals surface area contributed by atoms with Crippen molar-refractivity contribution in [2.45, 2.75) is 142 Å². The molecule has 0 atom stereocenters. The van der Waals surface area contributed by atoms with Crippen LogP contribution in [0, 0.1) is 0 Å². The van der Waals surface area contributed by atoms with Gasteiger partial charge in [-0.05, 0) is 47.1 Å². The zero-order valence-electron chi connectivity index (χ0n) is 26.6. The summed E-state index contributed by atoms with van der Waals surface area (Å²) in [5, 5.41) is 3.65. The fourth-order valence-corrected chi connectivity index (χ4v) is 5.08. The molecule has 0 rings (SSSR count). The summed E-state index contributed by atoms with van der Waals surface area (Å²) >= 11 is 0. The van der Waals surface area contributed by atoms with Gasteiger partial charge >= 0.3 is 0 Å². The molecule has 0 aromatic heterocycles. The Morgan fingerprint density at radius 3 is 0.946 bits per heavy atom. The Kier molecular flexibility index (Phi) is 30.3. The molecule has 0 amide bonds. The van der Waals surface area contributed by atoms with Crippen LogP contribution in [-0.4, -0.2) is 88.2 Å². The Balaban J connectivity index is 3.38. The third kappa shape index (κ3) is 30.2.